The summed E-state index contributed by atoms with van der Waals surface area (Å²) in [6.07, 6.45) is 3.07. The fourth-order valence-corrected chi connectivity index (χ4v) is 1.43. The molecule has 0 fully saturated rings. The van der Waals surface area contributed by atoms with Crippen LogP contribution in [0.15, 0.2) is 61.7 Å². The number of nitriles is 1. The molecule has 1 heteroatoms. The van der Waals surface area contributed by atoms with Crippen molar-refractivity contribution in [3.63, 3.8) is 0 Å². The van der Waals surface area contributed by atoms with Crippen molar-refractivity contribution in [2.45, 2.75) is 0 Å². The molecule has 0 N–H and O–H groups in total. The maximum atomic E-state index is 7.51. The van der Waals surface area contributed by atoms with Gasteiger partial charge in [-0.15, -0.1) is 0 Å². The van der Waals surface area contributed by atoms with Crippen LogP contribution in [0.4, 0.5) is 0 Å². The number of benzene rings is 2. The highest BCUT2D eigenvalue weighted by atomic mass is 14.2. The standard InChI is InChI=1S/C12H10.C3H3N/c1-2-10-7-5-8-11-6-3-4-9-12(10)11;1-2-3-4/h2-9H,1H2;2H,1H2. The molecule has 2 aromatic carbocycles. The zero-order valence-corrected chi connectivity index (χ0v) is 9.06. The van der Waals surface area contributed by atoms with E-state index in [1.54, 1.807) is 6.07 Å². The first-order valence-corrected chi connectivity index (χ1v) is 4.94. The van der Waals surface area contributed by atoms with Gasteiger partial charge in [-0.2, -0.15) is 5.26 Å². The van der Waals surface area contributed by atoms with Crippen LogP contribution in [0.2, 0.25) is 0 Å². The molecule has 0 heterocycles. The molecule has 16 heavy (non-hydrogen) atoms. The van der Waals surface area contributed by atoms with Gasteiger partial charge in [-0.3, -0.25) is 0 Å². The number of nitrogens with zero attached hydrogens (tertiary/aromatic N) is 1. The minimum absolute atomic E-state index is 1.18. The molecule has 0 radical (unpaired) electrons. The lowest BCUT2D eigenvalue weighted by molar-refractivity contribution is 1.54. The van der Waals surface area contributed by atoms with Gasteiger partial charge in [-0.05, 0) is 16.3 Å². The van der Waals surface area contributed by atoms with Gasteiger partial charge in [-0.1, -0.05) is 61.7 Å². The summed E-state index contributed by atoms with van der Waals surface area (Å²) in [5, 5.41) is 10.1. The third kappa shape index (κ3) is 2.83. The van der Waals surface area contributed by atoms with Gasteiger partial charge in [0, 0.05) is 6.08 Å². The first-order valence-electron chi connectivity index (χ1n) is 4.94. The largest absolute Gasteiger partial charge is 0.193 e. The third-order valence-electron chi connectivity index (χ3n) is 2.13. The van der Waals surface area contributed by atoms with E-state index < -0.39 is 0 Å². The highest BCUT2D eigenvalue weighted by molar-refractivity contribution is 5.90. The van der Waals surface area contributed by atoms with Crippen molar-refractivity contribution in [1.29, 1.82) is 5.26 Å². The SMILES string of the molecule is C=CC#N.C=Cc1cccc2ccccc12. The average Bonchev–Trinajstić information content (AvgIpc) is 2.38. The first-order chi connectivity index (χ1) is 7.83. The number of fused-ring (bicyclic) bond motifs is 1. The van der Waals surface area contributed by atoms with E-state index >= 15 is 0 Å². The number of rotatable bonds is 1. The molecular weight excluding hydrogens is 194 g/mol. The summed E-state index contributed by atoms with van der Waals surface area (Å²) in [7, 11) is 0. The first kappa shape index (κ1) is 11.7. The number of allylic oxidation sites excluding steroid dienone is 1. The van der Waals surface area contributed by atoms with Gasteiger partial charge >= 0.3 is 0 Å². The Hall–Kier alpha value is -2.33. The van der Waals surface area contributed by atoms with E-state index in [0.717, 1.165) is 0 Å². The molecule has 0 aliphatic carbocycles. The molecule has 0 saturated carbocycles. The van der Waals surface area contributed by atoms with Crippen molar-refractivity contribution >= 4 is 16.8 Å². The van der Waals surface area contributed by atoms with E-state index in [4.69, 9.17) is 5.26 Å². The van der Waals surface area contributed by atoms with Crippen molar-refractivity contribution in [3.05, 3.63) is 67.3 Å². The Labute approximate surface area is 96.0 Å². The topological polar surface area (TPSA) is 23.8 Å². The van der Waals surface area contributed by atoms with Crippen molar-refractivity contribution in [2.75, 3.05) is 0 Å². The Kier molecular flexibility index (Phi) is 4.56. The number of hydrogen-bond acceptors (Lipinski definition) is 1. The third-order valence-corrected chi connectivity index (χ3v) is 2.13. The molecule has 0 aromatic heterocycles. The molecule has 2 aromatic rings. The summed E-state index contributed by atoms with van der Waals surface area (Å²) < 4.78 is 0. The smallest absolute Gasteiger partial charge is 0.0905 e. The summed E-state index contributed by atoms with van der Waals surface area (Å²) in [5.41, 5.74) is 1.20. The van der Waals surface area contributed by atoms with Gasteiger partial charge in [0.15, 0.2) is 0 Å². The van der Waals surface area contributed by atoms with Gasteiger partial charge in [0.05, 0.1) is 6.07 Å². The molecule has 0 bridgehead atoms. The quantitative estimate of drug-likeness (QED) is 0.643. The van der Waals surface area contributed by atoms with Crippen molar-refractivity contribution < 1.29 is 0 Å². The average molecular weight is 207 g/mol. The molecule has 0 unspecified atom stereocenters. The van der Waals surface area contributed by atoms with Crippen molar-refractivity contribution in [1.82, 2.24) is 0 Å². The van der Waals surface area contributed by atoms with E-state index in [-0.39, 0.29) is 0 Å². The van der Waals surface area contributed by atoms with Crippen LogP contribution in [0.5, 0.6) is 0 Å². The summed E-state index contributed by atoms with van der Waals surface area (Å²) in [6.45, 7) is 6.90. The van der Waals surface area contributed by atoms with Crippen molar-refractivity contribution in [2.24, 2.45) is 0 Å². The van der Waals surface area contributed by atoms with Gasteiger partial charge in [0.25, 0.3) is 0 Å². The van der Waals surface area contributed by atoms with Gasteiger partial charge < -0.3 is 0 Å². The second-order valence-electron chi connectivity index (χ2n) is 3.11. The Bertz CT molecular complexity index is 527. The fraction of sp³-hybridized carbons (Fsp3) is 0. The van der Waals surface area contributed by atoms with Crippen LogP contribution in [0.1, 0.15) is 5.56 Å². The zero-order valence-electron chi connectivity index (χ0n) is 9.06. The lowest BCUT2D eigenvalue weighted by Crippen LogP contribution is -1.75. The Morgan fingerprint density at radius 1 is 1.00 bits per heavy atom. The molecule has 0 saturated heterocycles. The Morgan fingerprint density at radius 3 is 2.25 bits per heavy atom. The zero-order chi connectivity index (χ0) is 11.8. The Balaban J connectivity index is 0.000000280. The highest BCUT2D eigenvalue weighted by Crippen LogP contribution is 2.18. The normalized spacial score (nSPS) is 8.44. The van der Waals surface area contributed by atoms with Crippen LogP contribution in [-0.4, -0.2) is 0 Å². The van der Waals surface area contributed by atoms with Crippen LogP contribution in [0, 0.1) is 11.3 Å². The molecule has 0 aliphatic rings. The van der Waals surface area contributed by atoms with E-state index in [0.29, 0.717) is 0 Å². The van der Waals surface area contributed by atoms with E-state index in [2.05, 4.69) is 55.6 Å². The number of hydrogen-bond donors (Lipinski definition) is 0. The van der Waals surface area contributed by atoms with Crippen LogP contribution >= 0.6 is 0 Å². The monoisotopic (exact) mass is 207 g/mol. The lowest BCUT2D eigenvalue weighted by Gasteiger charge is -1.99. The highest BCUT2D eigenvalue weighted by Gasteiger charge is 1.93. The van der Waals surface area contributed by atoms with Gasteiger partial charge in [0.1, 0.15) is 0 Å². The second kappa shape index (κ2) is 6.21. The molecule has 0 atom stereocenters. The van der Waals surface area contributed by atoms with E-state index in [9.17, 15) is 0 Å². The molecule has 0 spiro atoms. The second-order valence-corrected chi connectivity index (χ2v) is 3.11. The van der Waals surface area contributed by atoms with Crippen molar-refractivity contribution in [3.8, 4) is 6.07 Å². The maximum absolute atomic E-state index is 7.51. The molecule has 0 amide bonds. The summed E-state index contributed by atoms with van der Waals surface area (Å²) >= 11 is 0. The lowest BCUT2D eigenvalue weighted by atomic mass is 10.1. The van der Waals surface area contributed by atoms with Crippen LogP contribution in [-0.2, 0) is 0 Å². The molecule has 78 valence electrons. The summed E-state index contributed by atoms with van der Waals surface area (Å²) in [5.74, 6) is 0. The fourth-order valence-electron chi connectivity index (χ4n) is 1.43. The van der Waals surface area contributed by atoms with Gasteiger partial charge in [0.2, 0.25) is 0 Å². The minimum Gasteiger partial charge on any atom is -0.193 e. The molecule has 0 aliphatic heterocycles. The Morgan fingerprint density at radius 2 is 1.62 bits per heavy atom. The van der Waals surface area contributed by atoms with Crippen LogP contribution in [0.3, 0.4) is 0 Å². The van der Waals surface area contributed by atoms with Crippen LogP contribution in [0.25, 0.3) is 16.8 Å². The predicted octanol–water partition coefficient (Wildman–Crippen LogP) is 4.18. The minimum atomic E-state index is 1.18. The summed E-state index contributed by atoms with van der Waals surface area (Å²) in [4.78, 5) is 0. The molecular formula is C15H13N. The van der Waals surface area contributed by atoms with E-state index in [1.165, 1.54) is 22.4 Å². The van der Waals surface area contributed by atoms with E-state index in [1.807, 2.05) is 6.08 Å². The molecule has 2 rings (SSSR count). The van der Waals surface area contributed by atoms with Gasteiger partial charge in [-0.25, -0.2) is 0 Å². The summed E-state index contributed by atoms with van der Waals surface area (Å²) in [6, 6.07) is 16.3. The van der Waals surface area contributed by atoms with Crippen LogP contribution < -0.4 is 0 Å². The maximum Gasteiger partial charge on any atom is 0.0905 e. The predicted molar refractivity (Wildman–Crippen MR) is 69.8 cm³/mol. The molecule has 1 nitrogen and oxygen atoms in total.